The molecule has 1 rings (SSSR count). The van der Waals surface area contributed by atoms with Crippen molar-refractivity contribution in [2.24, 2.45) is 0 Å². The molecule has 0 bridgehead atoms. The molecular formula is C11H10ClNO2S. The van der Waals surface area contributed by atoms with Crippen LogP contribution in [0.4, 0.5) is 0 Å². The monoisotopic (exact) mass is 255 g/mol. The highest BCUT2D eigenvalue weighted by Gasteiger charge is 2.15. The highest BCUT2D eigenvalue weighted by molar-refractivity contribution is 7.12. The van der Waals surface area contributed by atoms with Gasteiger partial charge in [-0.1, -0.05) is 11.6 Å². The number of ether oxygens (including phenoxy) is 1. The molecule has 0 radical (unpaired) electrons. The van der Waals surface area contributed by atoms with E-state index in [2.05, 4.69) is 4.85 Å². The van der Waals surface area contributed by atoms with Crippen LogP contribution in [-0.4, -0.2) is 12.6 Å². The minimum atomic E-state index is -0.427. The third-order valence-corrected chi connectivity index (χ3v) is 3.22. The van der Waals surface area contributed by atoms with E-state index in [1.807, 2.05) is 0 Å². The van der Waals surface area contributed by atoms with E-state index in [4.69, 9.17) is 22.9 Å². The zero-order valence-corrected chi connectivity index (χ0v) is 10.5. The van der Waals surface area contributed by atoms with Crippen molar-refractivity contribution in [1.82, 2.24) is 0 Å². The zero-order chi connectivity index (χ0) is 12.1. The van der Waals surface area contributed by atoms with Crippen molar-refractivity contribution in [3.8, 4) is 0 Å². The number of halogens is 1. The summed E-state index contributed by atoms with van der Waals surface area (Å²) in [5, 5.41) is 2.00. The van der Waals surface area contributed by atoms with Crippen LogP contribution in [0.25, 0.3) is 10.9 Å². The second-order valence-corrected chi connectivity index (χ2v) is 4.23. The van der Waals surface area contributed by atoms with E-state index in [0.29, 0.717) is 27.8 Å². The number of thiophene rings is 1. The van der Waals surface area contributed by atoms with Crippen LogP contribution in [-0.2, 0) is 4.74 Å². The number of carbonyl (C=O) groups is 1. The first-order valence-electron chi connectivity index (χ1n) is 4.60. The SMILES string of the molecule is [C-]#[N+]/C(C)=C\c1scc(C(=O)OCC)c1Cl. The van der Waals surface area contributed by atoms with Crippen LogP contribution in [0.1, 0.15) is 29.1 Å². The van der Waals surface area contributed by atoms with Gasteiger partial charge in [0.1, 0.15) is 0 Å². The fourth-order valence-corrected chi connectivity index (χ4v) is 2.32. The van der Waals surface area contributed by atoms with Gasteiger partial charge in [-0.2, -0.15) is 0 Å². The van der Waals surface area contributed by atoms with Gasteiger partial charge in [0, 0.05) is 10.3 Å². The maximum atomic E-state index is 11.5. The van der Waals surface area contributed by atoms with E-state index in [-0.39, 0.29) is 0 Å². The summed E-state index contributed by atoms with van der Waals surface area (Å²) in [7, 11) is 0. The van der Waals surface area contributed by atoms with Crippen LogP contribution in [0.3, 0.4) is 0 Å². The molecule has 0 atom stereocenters. The summed E-state index contributed by atoms with van der Waals surface area (Å²) in [4.78, 5) is 15.4. The van der Waals surface area contributed by atoms with E-state index in [0.717, 1.165) is 0 Å². The molecule has 0 saturated heterocycles. The molecule has 1 aromatic heterocycles. The number of nitrogens with zero attached hydrogens (tertiary/aromatic N) is 1. The Morgan fingerprint density at radius 2 is 2.44 bits per heavy atom. The number of allylic oxidation sites excluding steroid dienone is 1. The maximum absolute atomic E-state index is 11.5. The molecule has 0 N–H and O–H groups in total. The van der Waals surface area contributed by atoms with Gasteiger partial charge >= 0.3 is 5.97 Å². The number of carbonyl (C=O) groups excluding carboxylic acids is 1. The van der Waals surface area contributed by atoms with Crippen LogP contribution in [0.5, 0.6) is 0 Å². The lowest BCUT2D eigenvalue weighted by molar-refractivity contribution is 0.0527. The van der Waals surface area contributed by atoms with Crippen molar-refractivity contribution in [3.05, 3.63) is 38.0 Å². The molecule has 5 heteroatoms. The van der Waals surface area contributed by atoms with Gasteiger partial charge in [-0.3, -0.25) is 0 Å². The Bertz CT molecular complexity index is 471. The first-order chi connectivity index (χ1) is 7.60. The largest absolute Gasteiger partial charge is 0.462 e. The molecule has 0 spiro atoms. The lowest BCUT2D eigenvalue weighted by Gasteiger charge is -1.99. The fraction of sp³-hybridized carbons (Fsp3) is 0.273. The molecule has 0 aromatic carbocycles. The van der Waals surface area contributed by atoms with Gasteiger partial charge in [0.2, 0.25) is 0 Å². The van der Waals surface area contributed by atoms with Gasteiger partial charge in [0.15, 0.2) is 5.70 Å². The van der Waals surface area contributed by atoms with Gasteiger partial charge in [-0.05, 0) is 19.9 Å². The van der Waals surface area contributed by atoms with Crippen molar-refractivity contribution in [1.29, 1.82) is 0 Å². The Balaban J connectivity index is 3.02. The standard InChI is InChI=1S/C11H10ClNO2S/c1-4-15-11(14)8-6-16-9(10(8)12)5-7(2)13-3/h5-6H,4H2,1-2H3/b7-5-. The second kappa shape index (κ2) is 5.69. The van der Waals surface area contributed by atoms with Crippen molar-refractivity contribution in [2.75, 3.05) is 6.61 Å². The van der Waals surface area contributed by atoms with Gasteiger partial charge in [0.25, 0.3) is 0 Å². The molecule has 16 heavy (non-hydrogen) atoms. The number of rotatable bonds is 3. The first-order valence-corrected chi connectivity index (χ1v) is 5.85. The minimum Gasteiger partial charge on any atom is -0.462 e. The van der Waals surface area contributed by atoms with E-state index < -0.39 is 5.97 Å². The van der Waals surface area contributed by atoms with Crippen LogP contribution < -0.4 is 0 Å². The van der Waals surface area contributed by atoms with Crippen LogP contribution in [0.2, 0.25) is 5.02 Å². The van der Waals surface area contributed by atoms with Crippen LogP contribution in [0.15, 0.2) is 11.1 Å². The Morgan fingerprint density at radius 3 is 3.00 bits per heavy atom. The molecule has 0 aliphatic carbocycles. The predicted octanol–water partition coefficient (Wildman–Crippen LogP) is 3.86. The normalized spacial score (nSPS) is 11.0. The quantitative estimate of drug-likeness (QED) is 0.607. The second-order valence-electron chi connectivity index (χ2n) is 2.95. The molecule has 0 saturated carbocycles. The number of esters is 1. The highest BCUT2D eigenvalue weighted by atomic mass is 35.5. The fourth-order valence-electron chi connectivity index (χ4n) is 1.02. The lowest BCUT2D eigenvalue weighted by Crippen LogP contribution is -2.03. The summed E-state index contributed by atoms with van der Waals surface area (Å²) in [5.41, 5.74) is 0.886. The summed E-state index contributed by atoms with van der Waals surface area (Å²) >= 11 is 7.34. The summed E-state index contributed by atoms with van der Waals surface area (Å²) in [6.45, 7) is 10.6. The summed E-state index contributed by atoms with van der Waals surface area (Å²) in [6.07, 6.45) is 1.66. The molecular weight excluding hydrogens is 246 g/mol. The van der Waals surface area contributed by atoms with Crippen molar-refractivity contribution in [3.63, 3.8) is 0 Å². The molecule has 0 aliphatic heterocycles. The number of hydrogen-bond acceptors (Lipinski definition) is 3. The topological polar surface area (TPSA) is 30.7 Å². The predicted molar refractivity (Wildman–Crippen MR) is 65.5 cm³/mol. The highest BCUT2D eigenvalue weighted by Crippen LogP contribution is 2.30. The molecule has 0 aliphatic rings. The molecule has 3 nitrogen and oxygen atoms in total. The number of hydrogen-bond donors (Lipinski definition) is 0. The summed E-state index contributed by atoms with van der Waals surface area (Å²) in [5.74, 6) is -0.427. The average molecular weight is 256 g/mol. The Labute approximate surface area is 103 Å². The molecule has 84 valence electrons. The zero-order valence-electron chi connectivity index (χ0n) is 8.91. The maximum Gasteiger partial charge on any atom is 0.340 e. The van der Waals surface area contributed by atoms with Crippen molar-refractivity contribution >= 4 is 35.0 Å². The minimum absolute atomic E-state index is 0.317. The summed E-state index contributed by atoms with van der Waals surface area (Å²) in [6, 6.07) is 0. The molecule has 0 amide bonds. The molecule has 0 unspecified atom stereocenters. The van der Waals surface area contributed by atoms with E-state index in [1.165, 1.54) is 11.3 Å². The smallest absolute Gasteiger partial charge is 0.340 e. The first kappa shape index (κ1) is 12.8. The molecule has 1 aromatic rings. The van der Waals surface area contributed by atoms with E-state index in [1.54, 1.807) is 25.3 Å². The lowest BCUT2D eigenvalue weighted by atomic mass is 10.3. The molecule has 1 heterocycles. The van der Waals surface area contributed by atoms with Gasteiger partial charge in [0.05, 0.1) is 23.8 Å². The summed E-state index contributed by atoms with van der Waals surface area (Å²) < 4.78 is 4.86. The Kier molecular flexibility index (Phi) is 4.53. The molecule has 0 fully saturated rings. The van der Waals surface area contributed by atoms with Crippen LogP contribution >= 0.6 is 22.9 Å². The average Bonchev–Trinajstić information content (AvgIpc) is 2.61. The van der Waals surface area contributed by atoms with Gasteiger partial charge in [-0.25, -0.2) is 9.64 Å². The van der Waals surface area contributed by atoms with Crippen molar-refractivity contribution < 1.29 is 9.53 Å². The Morgan fingerprint density at radius 1 is 1.75 bits per heavy atom. The van der Waals surface area contributed by atoms with Crippen LogP contribution in [0, 0.1) is 6.57 Å². The van der Waals surface area contributed by atoms with E-state index >= 15 is 0 Å². The van der Waals surface area contributed by atoms with Gasteiger partial charge < -0.3 is 4.74 Å². The van der Waals surface area contributed by atoms with Crippen molar-refractivity contribution in [2.45, 2.75) is 13.8 Å². The third-order valence-electron chi connectivity index (χ3n) is 1.77. The third kappa shape index (κ3) is 2.84. The van der Waals surface area contributed by atoms with E-state index in [9.17, 15) is 4.79 Å². The Hall–Kier alpha value is -1.31. The van der Waals surface area contributed by atoms with Gasteiger partial charge in [-0.15, -0.1) is 11.3 Å².